The summed E-state index contributed by atoms with van der Waals surface area (Å²) in [6.07, 6.45) is 1.97. The number of para-hydroxylation sites is 1. The maximum atomic E-state index is 12.0. The zero-order valence-corrected chi connectivity index (χ0v) is 18.1. The van der Waals surface area contributed by atoms with Crippen LogP contribution in [0, 0.1) is 6.92 Å². The van der Waals surface area contributed by atoms with Crippen molar-refractivity contribution in [1.29, 1.82) is 0 Å². The van der Waals surface area contributed by atoms with Crippen LogP contribution in [-0.4, -0.2) is 39.4 Å². The molecule has 2 rings (SSSR count). The molecule has 7 heteroatoms. The normalized spacial score (nSPS) is 11.2. The minimum atomic E-state index is -3.37. The highest BCUT2D eigenvalue weighted by Gasteiger charge is 2.17. The largest absolute Gasteiger partial charge is 0.355 e. The second-order valence-electron chi connectivity index (χ2n) is 6.60. The van der Waals surface area contributed by atoms with E-state index in [1.165, 1.54) is 21.7 Å². The molecule has 0 saturated heterocycles. The van der Waals surface area contributed by atoms with Gasteiger partial charge in [0.2, 0.25) is 15.9 Å². The highest BCUT2D eigenvalue weighted by molar-refractivity contribution is 7.98. The van der Waals surface area contributed by atoms with Crippen LogP contribution in [0.15, 0.2) is 54.6 Å². The number of benzene rings is 2. The molecule has 0 spiro atoms. The van der Waals surface area contributed by atoms with E-state index in [9.17, 15) is 13.2 Å². The first-order valence-electron chi connectivity index (χ1n) is 9.29. The quantitative estimate of drug-likeness (QED) is 0.564. The van der Waals surface area contributed by atoms with Gasteiger partial charge in [-0.2, -0.15) is 11.8 Å². The number of hydrogen-bond donors (Lipinski definition) is 1. The van der Waals surface area contributed by atoms with Crippen molar-refractivity contribution in [2.24, 2.45) is 0 Å². The Balaban J connectivity index is 1.67. The van der Waals surface area contributed by atoms with Gasteiger partial charge in [-0.25, -0.2) is 8.42 Å². The molecule has 1 amide bonds. The maximum Gasteiger partial charge on any atom is 0.232 e. The maximum absolute atomic E-state index is 12.0. The SMILES string of the molecule is Cc1ccccc1CSCCNC(=O)CCCN(c1ccccc1)S(C)(=O)=O. The Bertz CT molecular complexity index is 855. The van der Waals surface area contributed by atoms with Crippen LogP contribution in [0.4, 0.5) is 5.69 Å². The van der Waals surface area contributed by atoms with Crippen LogP contribution in [-0.2, 0) is 20.6 Å². The van der Waals surface area contributed by atoms with E-state index in [1.54, 1.807) is 36.0 Å². The number of carbonyl (C=O) groups excluding carboxylic acids is 1. The molecule has 0 heterocycles. The molecule has 0 aromatic heterocycles. The molecule has 0 unspecified atom stereocenters. The van der Waals surface area contributed by atoms with E-state index in [0.29, 0.717) is 25.1 Å². The molecular weight excluding hydrogens is 392 g/mol. The summed E-state index contributed by atoms with van der Waals surface area (Å²) in [7, 11) is -3.37. The molecule has 0 aliphatic carbocycles. The first kappa shape index (κ1) is 22.3. The fourth-order valence-corrected chi connectivity index (χ4v) is 4.67. The molecule has 0 saturated carbocycles. The number of sulfonamides is 1. The topological polar surface area (TPSA) is 66.5 Å². The Morgan fingerprint density at radius 3 is 2.43 bits per heavy atom. The van der Waals surface area contributed by atoms with Crippen LogP contribution in [0.1, 0.15) is 24.0 Å². The summed E-state index contributed by atoms with van der Waals surface area (Å²) in [5, 5.41) is 2.91. The second-order valence-corrected chi connectivity index (χ2v) is 9.62. The van der Waals surface area contributed by atoms with Crippen molar-refractivity contribution < 1.29 is 13.2 Å². The van der Waals surface area contributed by atoms with E-state index in [1.807, 2.05) is 18.2 Å². The Morgan fingerprint density at radius 1 is 1.07 bits per heavy atom. The van der Waals surface area contributed by atoms with Gasteiger partial charge in [0.05, 0.1) is 11.9 Å². The lowest BCUT2D eigenvalue weighted by molar-refractivity contribution is -0.121. The third-order valence-electron chi connectivity index (χ3n) is 4.30. The summed E-state index contributed by atoms with van der Waals surface area (Å²) in [4.78, 5) is 12.0. The average molecular weight is 421 g/mol. The van der Waals surface area contributed by atoms with Gasteiger partial charge in [-0.15, -0.1) is 0 Å². The van der Waals surface area contributed by atoms with Gasteiger partial charge in [0, 0.05) is 31.0 Å². The molecule has 5 nitrogen and oxygen atoms in total. The van der Waals surface area contributed by atoms with Crippen LogP contribution in [0.2, 0.25) is 0 Å². The zero-order chi connectivity index (χ0) is 20.4. The molecule has 152 valence electrons. The minimum Gasteiger partial charge on any atom is -0.355 e. The number of rotatable bonds is 11. The predicted molar refractivity (Wildman–Crippen MR) is 118 cm³/mol. The molecule has 2 aromatic rings. The number of hydrogen-bond acceptors (Lipinski definition) is 4. The summed E-state index contributed by atoms with van der Waals surface area (Å²) in [6, 6.07) is 17.3. The Kier molecular flexibility index (Phi) is 8.86. The third-order valence-corrected chi connectivity index (χ3v) is 6.50. The number of carbonyl (C=O) groups is 1. The monoisotopic (exact) mass is 420 g/mol. The molecule has 0 fully saturated rings. The van der Waals surface area contributed by atoms with Gasteiger partial charge in [0.1, 0.15) is 0 Å². The molecule has 0 radical (unpaired) electrons. The molecule has 0 atom stereocenters. The van der Waals surface area contributed by atoms with Gasteiger partial charge in [-0.1, -0.05) is 42.5 Å². The fourth-order valence-electron chi connectivity index (χ4n) is 2.77. The van der Waals surface area contributed by atoms with E-state index in [2.05, 4.69) is 24.4 Å². The second kappa shape index (κ2) is 11.1. The Labute approximate surface area is 172 Å². The van der Waals surface area contributed by atoms with Crippen LogP contribution < -0.4 is 9.62 Å². The van der Waals surface area contributed by atoms with Crippen LogP contribution in [0.25, 0.3) is 0 Å². The van der Waals surface area contributed by atoms with Crippen LogP contribution in [0.3, 0.4) is 0 Å². The van der Waals surface area contributed by atoms with Crippen molar-refractivity contribution in [2.45, 2.75) is 25.5 Å². The van der Waals surface area contributed by atoms with Gasteiger partial charge >= 0.3 is 0 Å². The van der Waals surface area contributed by atoms with E-state index in [0.717, 1.165) is 11.5 Å². The van der Waals surface area contributed by atoms with Crippen LogP contribution >= 0.6 is 11.8 Å². The summed E-state index contributed by atoms with van der Waals surface area (Å²) < 4.78 is 25.4. The number of nitrogens with one attached hydrogen (secondary N) is 1. The van der Waals surface area contributed by atoms with Crippen molar-refractivity contribution in [2.75, 3.05) is 29.4 Å². The number of amides is 1. The Morgan fingerprint density at radius 2 is 1.75 bits per heavy atom. The summed E-state index contributed by atoms with van der Waals surface area (Å²) >= 11 is 1.79. The predicted octanol–water partition coefficient (Wildman–Crippen LogP) is 3.59. The molecular formula is C21H28N2O3S2. The number of aryl methyl sites for hydroxylation is 1. The van der Waals surface area contributed by atoms with E-state index >= 15 is 0 Å². The standard InChI is InChI=1S/C21H28N2O3S2/c1-18-9-6-7-10-19(18)17-27-16-14-22-21(24)13-8-15-23(28(2,25)26)20-11-4-3-5-12-20/h3-7,9-12H,8,13-17H2,1-2H3,(H,22,24). The minimum absolute atomic E-state index is 0.0435. The average Bonchev–Trinajstić information content (AvgIpc) is 2.66. The molecule has 0 bridgehead atoms. The van der Waals surface area contributed by atoms with Gasteiger partial charge in [-0.3, -0.25) is 9.10 Å². The van der Waals surface area contributed by atoms with E-state index in [-0.39, 0.29) is 12.5 Å². The lowest BCUT2D eigenvalue weighted by Crippen LogP contribution is -2.32. The van der Waals surface area contributed by atoms with Crippen molar-refractivity contribution in [3.8, 4) is 0 Å². The highest BCUT2D eigenvalue weighted by Crippen LogP contribution is 2.17. The van der Waals surface area contributed by atoms with Crippen molar-refractivity contribution in [3.63, 3.8) is 0 Å². The van der Waals surface area contributed by atoms with Crippen molar-refractivity contribution in [3.05, 3.63) is 65.7 Å². The number of anilines is 1. The number of thioether (sulfide) groups is 1. The number of nitrogens with zero attached hydrogens (tertiary/aromatic N) is 1. The van der Waals surface area contributed by atoms with Crippen molar-refractivity contribution >= 4 is 33.4 Å². The molecule has 2 aromatic carbocycles. The molecule has 28 heavy (non-hydrogen) atoms. The van der Waals surface area contributed by atoms with Crippen molar-refractivity contribution in [1.82, 2.24) is 5.32 Å². The molecule has 1 N–H and O–H groups in total. The molecule has 0 aliphatic heterocycles. The van der Waals surface area contributed by atoms with Gasteiger partial charge < -0.3 is 5.32 Å². The summed E-state index contributed by atoms with van der Waals surface area (Å²) in [5.74, 6) is 1.74. The lowest BCUT2D eigenvalue weighted by atomic mass is 10.1. The summed E-state index contributed by atoms with van der Waals surface area (Å²) in [5.41, 5.74) is 3.23. The first-order valence-corrected chi connectivity index (χ1v) is 12.3. The first-order chi connectivity index (χ1) is 13.4. The highest BCUT2D eigenvalue weighted by atomic mass is 32.2. The van der Waals surface area contributed by atoms with Gasteiger partial charge in [0.15, 0.2) is 0 Å². The summed E-state index contributed by atoms with van der Waals surface area (Å²) in [6.45, 7) is 3.01. The zero-order valence-electron chi connectivity index (χ0n) is 16.4. The van der Waals surface area contributed by atoms with E-state index in [4.69, 9.17) is 0 Å². The van der Waals surface area contributed by atoms with Crippen LogP contribution in [0.5, 0.6) is 0 Å². The van der Waals surface area contributed by atoms with Gasteiger partial charge in [-0.05, 0) is 36.6 Å². The Hall–Kier alpha value is -1.99. The third kappa shape index (κ3) is 7.56. The smallest absolute Gasteiger partial charge is 0.232 e. The van der Waals surface area contributed by atoms with Gasteiger partial charge in [0.25, 0.3) is 0 Å². The fraction of sp³-hybridized carbons (Fsp3) is 0.381. The lowest BCUT2D eigenvalue weighted by Gasteiger charge is -2.22. The van der Waals surface area contributed by atoms with E-state index < -0.39 is 10.0 Å². The molecule has 0 aliphatic rings.